The summed E-state index contributed by atoms with van der Waals surface area (Å²) >= 11 is 8.59. The highest BCUT2D eigenvalue weighted by molar-refractivity contribution is 8.14. The molecular formula is C31H33ClN8O2S. The van der Waals surface area contributed by atoms with E-state index < -0.39 is 5.50 Å². The Morgan fingerprint density at radius 1 is 0.930 bits per heavy atom. The smallest absolute Gasteiger partial charge is 0.231 e. The van der Waals surface area contributed by atoms with Gasteiger partial charge < -0.3 is 24.2 Å². The molecule has 4 aliphatic rings. The molecule has 222 valence electrons. The molecule has 4 aliphatic heterocycles. The number of benzene rings is 2. The molecule has 1 aromatic heterocycles. The Morgan fingerprint density at radius 2 is 1.70 bits per heavy atom. The second kappa shape index (κ2) is 11.4. The van der Waals surface area contributed by atoms with Crippen LogP contribution in [0.15, 0.2) is 69.1 Å². The van der Waals surface area contributed by atoms with Crippen molar-refractivity contribution in [3.8, 4) is 11.5 Å². The van der Waals surface area contributed by atoms with Gasteiger partial charge in [0, 0.05) is 72.1 Å². The summed E-state index contributed by atoms with van der Waals surface area (Å²) in [6.45, 7) is 4.60. The zero-order chi connectivity index (χ0) is 29.7. The Morgan fingerprint density at radius 3 is 2.44 bits per heavy atom. The Hall–Kier alpha value is -3.80. The number of aromatic nitrogens is 2. The van der Waals surface area contributed by atoms with Crippen LogP contribution in [-0.2, 0) is 6.54 Å². The Bertz CT molecular complexity index is 1650. The van der Waals surface area contributed by atoms with Gasteiger partial charge in [0.2, 0.25) is 18.7 Å². The molecular weight excluding hydrogens is 584 g/mol. The van der Waals surface area contributed by atoms with E-state index in [4.69, 9.17) is 41.0 Å². The molecule has 1 saturated heterocycles. The summed E-state index contributed by atoms with van der Waals surface area (Å²) in [7, 11) is 7.81. The minimum Gasteiger partial charge on any atom is -0.454 e. The number of guanidine groups is 1. The number of aliphatic imine (C=N–C) groups is 2. The van der Waals surface area contributed by atoms with E-state index in [0.29, 0.717) is 11.9 Å². The van der Waals surface area contributed by atoms with Crippen LogP contribution in [0.4, 0.5) is 11.8 Å². The van der Waals surface area contributed by atoms with Crippen molar-refractivity contribution in [2.75, 3.05) is 71.0 Å². The van der Waals surface area contributed by atoms with Crippen molar-refractivity contribution >= 4 is 51.7 Å². The summed E-state index contributed by atoms with van der Waals surface area (Å²) in [5.74, 6) is 3.82. The summed E-state index contributed by atoms with van der Waals surface area (Å²) in [6.07, 6.45) is 0. The first-order valence-electron chi connectivity index (χ1n) is 14.3. The molecule has 43 heavy (non-hydrogen) atoms. The minimum absolute atomic E-state index is 0.288. The fourth-order valence-electron chi connectivity index (χ4n) is 5.65. The van der Waals surface area contributed by atoms with E-state index in [0.717, 1.165) is 82.4 Å². The molecule has 7 rings (SSSR count). The molecule has 0 amide bonds. The lowest BCUT2D eigenvalue weighted by Gasteiger charge is -2.38. The number of nitrogens with zero attached hydrogens (tertiary/aromatic N) is 8. The van der Waals surface area contributed by atoms with E-state index in [2.05, 4.69) is 34.1 Å². The van der Waals surface area contributed by atoms with Gasteiger partial charge in [-0.3, -0.25) is 4.90 Å². The lowest BCUT2D eigenvalue weighted by Crippen LogP contribution is -2.46. The van der Waals surface area contributed by atoms with Crippen LogP contribution in [0.25, 0.3) is 5.57 Å². The standard InChI is InChI=1S/C31H33ClN8O2S/c1-37(2)30-33-26(32)24-23(20-8-6-5-7-9-20)25-27(34-31(38(3)4)36-29(25)43-28(24)35-30)40-14-12-39(13-15-40)17-19-10-11-21-22(16-19)42-18-41-21/h5-11,16,26H,12-15,17-18H2,1-4H3. The molecule has 0 saturated carbocycles. The van der Waals surface area contributed by atoms with Gasteiger partial charge in [0.25, 0.3) is 0 Å². The van der Waals surface area contributed by atoms with Crippen molar-refractivity contribution in [3.63, 3.8) is 0 Å². The van der Waals surface area contributed by atoms with Crippen molar-refractivity contribution in [1.82, 2.24) is 19.8 Å². The van der Waals surface area contributed by atoms with Gasteiger partial charge in [-0.05, 0) is 35.0 Å². The second-order valence-electron chi connectivity index (χ2n) is 11.2. The van der Waals surface area contributed by atoms with Crippen molar-refractivity contribution < 1.29 is 9.47 Å². The highest BCUT2D eigenvalue weighted by Gasteiger charge is 2.38. The normalized spacial score (nSPS) is 19.5. The van der Waals surface area contributed by atoms with Gasteiger partial charge in [0.05, 0.1) is 5.56 Å². The third kappa shape index (κ3) is 5.30. The lowest BCUT2D eigenvalue weighted by molar-refractivity contribution is 0.174. The zero-order valence-corrected chi connectivity index (χ0v) is 26.2. The number of halogens is 1. The maximum absolute atomic E-state index is 7.04. The van der Waals surface area contributed by atoms with Crippen molar-refractivity contribution in [1.29, 1.82) is 0 Å². The summed E-state index contributed by atoms with van der Waals surface area (Å²) in [4.78, 5) is 28.6. The number of hydrogen-bond donors (Lipinski definition) is 0. The summed E-state index contributed by atoms with van der Waals surface area (Å²) in [6, 6.07) is 16.5. The predicted octanol–water partition coefficient (Wildman–Crippen LogP) is 4.40. The van der Waals surface area contributed by atoms with Crippen LogP contribution in [0.5, 0.6) is 11.5 Å². The topological polar surface area (TPSA) is 81.9 Å². The number of fused-ring (bicyclic) bond motifs is 3. The van der Waals surface area contributed by atoms with Gasteiger partial charge in [0.1, 0.15) is 15.9 Å². The van der Waals surface area contributed by atoms with Gasteiger partial charge in [-0.25, -0.2) is 15.0 Å². The number of piperazine rings is 1. The van der Waals surface area contributed by atoms with E-state index in [1.807, 2.05) is 62.3 Å². The average molecular weight is 617 g/mol. The first-order valence-corrected chi connectivity index (χ1v) is 15.5. The molecule has 0 N–H and O–H groups in total. The summed E-state index contributed by atoms with van der Waals surface area (Å²) < 4.78 is 11.1. The Labute approximate surface area is 260 Å². The van der Waals surface area contributed by atoms with Crippen molar-refractivity contribution in [2.24, 2.45) is 9.98 Å². The highest BCUT2D eigenvalue weighted by atomic mass is 35.5. The molecule has 3 aromatic rings. The fourth-order valence-corrected chi connectivity index (χ4v) is 7.07. The Kier molecular flexibility index (Phi) is 7.40. The molecule has 0 bridgehead atoms. The monoisotopic (exact) mass is 616 g/mol. The van der Waals surface area contributed by atoms with Crippen molar-refractivity contribution in [2.45, 2.75) is 17.1 Å². The summed E-state index contributed by atoms with van der Waals surface area (Å²) in [5, 5.41) is 1.70. The van der Waals surface area contributed by atoms with Crippen LogP contribution in [0.3, 0.4) is 0 Å². The van der Waals surface area contributed by atoms with Gasteiger partial charge in [-0.15, -0.1) is 0 Å². The van der Waals surface area contributed by atoms with Crippen LogP contribution in [0, 0.1) is 0 Å². The largest absolute Gasteiger partial charge is 0.454 e. The third-order valence-electron chi connectivity index (χ3n) is 7.83. The quantitative estimate of drug-likeness (QED) is 0.235. The molecule has 5 heterocycles. The number of ether oxygens (including phenoxy) is 2. The Balaban J connectivity index is 1.26. The molecule has 12 heteroatoms. The molecule has 10 nitrogen and oxygen atoms in total. The number of anilines is 2. The molecule has 0 aliphatic carbocycles. The van der Waals surface area contributed by atoms with Gasteiger partial charge in [0.15, 0.2) is 17.0 Å². The van der Waals surface area contributed by atoms with E-state index >= 15 is 0 Å². The first kappa shape index (κ1) is 28.0. The molecule has 0 radical (unpaired) electrons. The number of thioether (sulfide) groups is 1. The van der Waals surface area contributed by atoms with Crippen LogP contribution < -0.4 is 19.3 Å². The zero-order valence-electron chi connectivity index (χ0n) is 24.6. The van der Waals surface area contributed by atoms with E-state index in [1.165, 1.54) is 5.56 Å². The van der Waals surface area contributed by atoms with Crippen LogP contribution in [-0.4, -0.2) is 97.4 Å². The highest BCUT2D eigenvalue weighted by Crippen LogP contribution is 2.48. The minimum atomic E-state index is -0.583. The van der Waals surface area contributed by atoms with Crippen LogP contribution >= 0.6 is 23.4 Å². The van der Waals surface area contributed by atoms with Gasteiger partial charge in [-0.2, -0.15) is 4.98 Å². The number of rotatable bonds is 5. The van der Waals surface area contributed by atoms with Gasteiger partial charge in [-0.1, -0.05) is 48.0 Å². The van der Waals surface area contributed by atoms with Crippen LogP contribution in [0.1, 0.15) is 16.7 Å². The maximum atomic E-state index is 7.04. The SMILES string of the molecule is CN(C)C1=NC(Cl)C2=C(c3ccccc3)c3c(nc(N(C)C)nc3N3CCN(Cc4ccc5c(c4)OCO5)CC3)SC2=N1. The van der Waals surface area contributed by atoms with Crippen molar-refractivity contribution in [3.05, 3.63) is 70.8 Å². The first-order chi connectivity index (χ1) is 20.9. The van der Waals surface area contributed by atoms with E-state index in [1.54, 1.807) is 11.8 Å². The predicted molar refractivity (Wildman–Crippen MR) is 173 cm³/mol. The number of hydrogen-bond acceptors (Lipinski definition) is 11. The molecule has 1 unspecified atom stereocenters. The third-order valence-corrected chi connectivity index (χ3v) is 9.14. The van der Waals surface area contributed by atoms with Gasteiger partial charge >= 0.3 is 0 Å². The number of alkyl halides is 1. The maximum Gasteiger partial charge on any atom is 0.231 e. The van der Waals surface area contributed by atoms with E-state index in [-0.39, 0.29) is 6.79 Å². The molecule has 2 aromatic carbocycles. The van der Waals surface area contributed by atoms with Crippen LogP contribution in [0.2, 0.25) is 0 Å². The fraction of sp³-hybridized carbons (Fsp3) is 0.355. The van der Waals surface area contributed by atoms with E-state index in [9.17, 15) is 0 Å². The average Bonchev–Trinajstić information content (AvgIpc) is 3.48. The summed E-state index contributed by atoms with van der Waals surface area (Å²) in [5.41, 5.74) is 4.58. The lowest BCUT2D eigenvalue weighted by atomic mass is 9.93. The second-order valence-corrected chi connectivity index (χ2v) is 12.6. The molecule has 1 atom stereocenters. The molecule has 0 spiro atoms. The molecule has 1 fully saturated rings.